The Morgan fingerprint density at radius 1 is 1.27 bits per heavy atom. The van der Waals surface area contributed by atoms with Crippen molar-refractivity contribution in [3.05, 3.63) is 30.5 Å². The molecular weight excluding hydrogens is 278 g/mol. The molecule has 1 aromatic rings. The summed E-state index contributed by atoms with van der Waals surface area (Å²) >= 11 is 0. The molecule has 1 fully saturated rings. The first-order chi connectivity index (χ1) is 10.8. The fourth-order valence-electron chi connectivity index (χ4n) is 3.08. The molecule has 0 saturated carbocycles. The Hall–Kier alpha value is -2.28. The first-order valence-corrected chi connectivity index (χ1v) is 7.63. The maximum absolute atomic E-state index is 4.74. The van der Waals surface area contributed by atoms with Crippen molar-refractivity contribution in [2.75, 3.05) is 18.4 Å². The lowest BCUT2D eigenvalue weighted by Crippen LogP contribution is -2.31. The van der Waals surface area contributed by atoms with Crippen molar-refractivity contribution in [3.63, 3.8) is 0 Å². The molecule has 2 unspecified atom stereocenters. The van der Waals surface area contributed by atoms with E-state index in [1.54, 1.807) is 12.4 Å². The van der Waals surface area contributed by atoms with E-state index in [2.05, 4.69) is 32.6 Å². The number of hydrogen-bond acceptors (Lipinski definition) is 7. The van der Waals surface area contributed by atoms with E-state index < -0.39 is 0 Å². The van der Waals surface area contributed by atoms with Crippen LogP contribution in [0, 0.1) is 5.92 Å². The molecule has 4 atom stereocenters. The molecule has 0 aliphatic carbocycles. The summed E-state index contributed by atoms with van der Waals surface area (Å²) in [6.45, 7) is 4.24. The fourth-order valence-corrected chi connectivity index (χ4v) is 3.08. The summed E-state index contributed by atoms with van der Waals surface area (Å²) in [6.07, 6.45) is 11.0. The van der Waals surface area contributed by atoms with Crippen molar-refractivity contribution < 1.29 is 0 Å². The molecule has 0 spiro atoms. The molecule has 0 radical (unpaired) electrons. The van der Waals surface area contributed by atoms with E-state index in [4.69, 9.17) is 4.98 Å². The van der Waals surface area contributed by atoms with Crippen molar-refractivity contribution in [2.45, 2.75) is 24.9 Å². The Balaban J connectivity index is 1.53. The summed E-state index contributed by atoms with van der Waals surface area (Å²) in [4.78, 5) is 13.3. The van der Waals surface area contributed by atoms with Gasteiger partial charge < -0.3 is 10.6 Å². The maximum atomic E-state index is 4.74. The van der Waals surface area contributed by atoms with Gasteiger partial charge in [0, 0.05) is 43.6 Å². The molecule has 2 N–H and O–H groups in total. The van der Waals surface area contributed by atoms with E-state index in [9.17, 15) is 0 Å². The van der Waals surface area contributed by atoms with Crippen molar-refractivity contribution in [1.82, 2.24) is 20.3 Å². The van der Waals surface area contributed by atoms with Gasteiger partial charge in [0.05, 0.1) is 17.8 Å². The minimum Gasteiger partial charge on any atom is -0.364 e. The average Bonchev–Trinajstić information content (AvgIpc) is 3.14. The van der Waals surface area contributed by atoms with Gasteiger partial charge in [-0.3, -0.25) is 15.0 Å². The van der Waals surface area contributed by atoms with E-state index in [1.165, 1.54) is 0 Å². The highest BCUT2D eigenvalue weighted by atomic mass is 15.5. The van der Waals surface area contributed by atoms with E-state index in [0.717, 1.165) is 24.6 Å². The van der Waals surface area contributed by atoms with Crippen molar-refractivity contribution in [2.24, 2.45) is 16.0 Å². The molecule has 1 saturated heterocycles. The van der Waals surface area contributed by atoms with Crippen LogP contribution in [0.2, 0.25) is 0 Å². The minimum absolute atomic E-state index is 0.0853. The first kappa shape index (κ1) is 13.4. The second-order valence-electron chi connectivity index (χ2n) is 5.97. The Morgan fingerprint density at radius 3 is 3.09 bits per heavy atom. The molecule has 4 rings (SSSR count). The molecule has 1 aromatic heterocycles. The lowest BCUT2D eigenvalue weighted by Gasteiger charge is -2.23. The van der Waals surface area contributed by atoms with Gasteiger partial charge in [-0.05, 0) is 12.5 Å². The zero-order valence-electron chi connectivity index (χ0n) is 12.4. The summed E-state index contributed by atoms with van der Waals surface area (Å²) in [5.74, 6) is 1.50. The molecule has 0 bridgehead atoms. The van der Waals surface area contributed by atoms with Crippen LogP contribution in [-0.2, 0) is 0 Å². The second kappa shape index (κ2) is 5.49. The van der Waals surface area contributed by atoms with Crippen LogP contribution in [0.3, 0.4) is 0 Å². The molecule has 0 amide bonds. The maximum Gasteiger partial charge on any atom is 0.145 e. The number of aromatic nitrogens is 2. The van der Waals surface area contributed by atoms with Gasteiger partial charge in [0.2, 0.25) is 0 Å². The summed E-state index contributed by atoms with van der Waals surface area (Å²) in [6, 6.07) is 0.499. The third kappa shape index (κ3) is 2.37. The van der Waals surface area contributed by atoms with Gasteiger partial charge >= 0.3 is 0 Å². The smallest absolute Gasteiger partial charge is 0.145 e. The van der Waals surface area contributed by atoms with Crippen LogP contribution in [-0.4, -0.2) is 52.6 Å². The van der Waals surface area contributed by atoms with Gasteiger partial charge in [-0.15, -0.1) is 0 Å². The average molecular weight is 297 g/mol. The Bertz CT molecular complexity index is 639. The summed E-state index contributed by atoms with van der Waals surface area (Å²) in [5.41, 5.74) is 0.918. The fraction of sp³-hybridized carbons (Fsp3) is 0.467. The van der Waals surface area contributed by atoms with Gasteiger partial charge in [-0.25, -0.2) is 4.98 Å². The third-order valence-corrected chi connectivity index (χ3v) is 4.42. The zero-order valence-corrected chi connectivity index (χ0v) is 12.4. The summed E-state index contributed by atoms with van der Waals surface area (Å²) in [7, 11) is 0. The largest absolute Gasteiger partial charge is 0.364 e. The van der Waals surface area contributed by atoms with Crippen LogP contribution in [0.1, 0.15) is 18.5 Å². The predicted octanol–water partition coefficient (Wildman–Crippen LogP) is 0.806. The molecular formula is C15H19N7. The topological polar surface area (TPSA) is 77.8 Å². The lowest BCUT2D eigenvalue weighted by molar-refractivity contribution is 0.372. The first-order valence-electron chi connectivity index (χ1n) is 7.63. The molecule has 7 nitrogen and oxygen atoms in total. The Labute approximate surface area is 129 Å². The highest BCUT2D eigenvalue weighted by Crippen LogP contribution is 2.27. The number of rotatable bonds is 3. The molecule has 3 aliphatic rings. The molecule has 7 heteroatoms. The van der Waals surface area contributed by atoms with Crippen LogP contribution in [0.15, 0.2) is 34.9 Å². The second-order valence-corrected chi connectivity index (χ2v) is 5.97. The van der Waals surface area contributed by atoms with Gasteiger partial charge in [0.25, 0.3) is 0 Å². The number of fused-ring (bicyclic) bond motifs is 1. The third-order valence-electron chi connectivity index (χ3n) is 4.42. The zero-order chi connectivity index (χ0) is 14.9. The number of hydrazone groups is 1. The minimum atomic E-state index is 0.0853. The van der Waals surface area contributed by atoms with Crippen molar-refractivity contribution >= 4 is 18.2 Å². The number of nitrogens with one attached hydrogen (secondary N) is 2. The standard InChI is InChI=1S/C15H19N7/c1-10-4-17-6-12(10)20-15-9-18-7-13(21-15)11-5-19-22-3-2-16-8-14(11)22/h2-3,5,7-12,14,17H,4,6H2,1H3,(H,20,21)/t10-,11?,12+,14?/m1/s1. The van der Waals surface area contributed by atoms with Crippen LogP contribution < -0.4 is 10.6 Å². The molecule has 22 heavy (non-hydrogen) atoms. The van der Waals surface area contributed by atoms with Gasteiger partial charge in [-0.2, -0.15) is 5.10 Å². The Morgan fingerprint density at radius 2 is 2.23 bits per heavy atom. The van der Waals surface area contributed by atoms with Crippen LogP contribution in [0.25, 0.3) is 0 Å². The van der Waals surface area contributed by atoms with Gasteiger partial charge in [-0.1, -0.05) is 6.92 Å². The number of hydrogen-bond donors (Lipinski definition) is 2. The molecule has 114 valence electrons. The van der Waals surface area contributed by atoms with E-state index >= 15 is 0 Å². The van der Waals surface area contributed by atoms with Crippen molar-refractivity contribution in [1.29, 1.82) is 0 Å². The quantitative estimate of drug-likeness (QED) is 0.863. The van der Waals surface area contributed by atoms with Crippen LogP contribution >= 0.6 is 0 Å². The van der Waals surface area contributed by atoms with Crippen LogP contribution in [0.4, 0.5) is 5.82 Å². The Kier molecular flexibility index (Phi) is 3.34. The molecule has 4 heterocycles. The van der Waals surface area contributed by atoms with Gasteiger partial charge in [0.1, 0.15) is 11.9 Å². The normalized spacial score (nSPS) is 32.5. The SMILES string of the molecule is C[C@@H]1CNC[C@@H]1Nc1cncc(C2C=NN3C=CN=CC23)n1. The highest BCUT2D eigenvalue weighted by Gasteiger charge is 2.32. The van der Waals surface area contributed by atoms with Gasteiger partial charge in [0.15, 0.2) is 0 Å². The molecule has 0 aromatic carbocycles. The summed E-state index contributed by atoms with van der Waals surface area (Å²) in [5, 5.41) is 13.2. The predicted molar refractivity (Wildman–Crippen MR) is 86.0 cm³/mol. The number of anilines is 1. The van der Waals surface area contributed by atoms with E-state index in [1.807, 2.05) is 29.8 Å². The highest BCUT2D eigenvalue weighted by molar-refractivity contribution is 5.81. The number of nitrogens with zero attached hydrogens (tertiary/aromatic N) is 5. The van der Waals surface area contributed by atoms with Crippen LogP contribution in [0.5, 0.6) is 0 Å². The van der Waals surface area contributed by atoms with E-state index in [-0.39, 0.29) is 12.0 Å². The van der Waals surface area contributed by atoms with Crippen molar-refractivity contribution in [3.8, 4) is 0 Å². The lowest BCUT2D eigenvalue weighted by atomic mass is 9.99. The van der Waals surface area contributed by atoms with E-state index in [0.29, 0.717) is 12.0 Å². The number of aliphatic imine (C=N–C) groups is 1. The molecule has 3 aliphatic heterocycles. The monoisotopic (exact) mass is 297 g/mol. The summed E-state index contributed by atoms with van der Waals surface area (Å²) < 4.78 is 0.